The highest BCUT2D eigenvalue weighted by Gasteiger charge is 2.08. The summed E-state index contributed by atoms with van der Waals surface area (Å²) < 4.78 is 50.4. The van der Waals surface area contributed by atoms with E-state index in [1.807, 2.05) is 24.3 Å². The van der Waals surface area contributed by atoms with Crippen molar-refractivity contribution in [2.24, 2.45) is 0 Å². The molecule has 0 atom stereocenters. The molecule has 146 valence electrons. The van der Waals surface area contributed by atoms with Crippen LogP contribution in [0.4, 0.5) is 0 Å². The monoisotopic (exact) mass is 526 g/mol. The van der Waals surface area contributed by atoms with Gasteiger partial charge in [0.2, 0.25) is 0 Å². The Hall–Kier alpha value is -0.710. The van der Waals surface area contributed by atoms with E-state index in [4.69, 9.17) is 28.6 Å². The first kappa shape index (κ1) is 25.3. The van der Waals surface area contributed by atoms with Crippen LogP contribution in [-0.2, 0) is 17.3 Å². The summed E-state index contributed by atoms with van der Waals surface area (Å²) in [5, 5.41) is 0. The van der Waals surface area contributed by atoms with Crippen molar-refractivity contribution >= 4 is 65.3 Å². The van der Waals surface area contributed by atoms with E-state index in [1.54, 1.807) is 26.4 Å². The van der Waals surface area contributed by atoms with Gasteiger partial charge in [0.25, 0.3) is 9.05 Å². The summed E-state index contributed by atoms with van der Waals surface area (Å²) in [6.07, 6.45) is 0. The quantitative estimate of drug-likeness (QED) is 0.533. The van der Waals surface area contributed by atoms with Crippen molar-refractivity contribution in [3.63, 3.8) is 0 Å². The highest BCUT2D eigenvalue weighted by atomic mass is 79.9. The van der Waals surface area contributed by atoms with Crippen LogP contribution >= 0.6 is 48.0 Å². The molecule has 0 fully saturated rings. The minimum Gasteiger partial charge on any atom is -0.497 e. The van der Waals surface area contributed by atoms with Gasteiger partial charge in [-0.05, 0) is 42.5 Å². The smallest absolute Gasteiger partial charge is 0.317 e. The fourth-order valence-corrected chi connectivity index (χ4v) is 2.68. The number of hydrogen-bond acceptors (Lipinski definition) is 6. The molecule has 0 spiro atoms. The molecule has 0 aliphatic rings. The third-order valence-electron chi connectivity index (χ3n) is 2.37. The molecule has 0 aliphatic carbocycles. The zero-order valence-electron chi connectivity index (χ0n) is 13.4. The molecular formula is C14H14BrCl3O6S2. The summed E-state index contributed by atoms with van der Waals surface area (Å²) in [6.45, 7) is 0. The normalized spacial score (nSPS) is 10.5. The van der Waals surface area contributed by atoms with Crippen molar-refractivity contribution in [2.75, 3.05) is 14.2 Å². The maximum Gasteiger partial charge on any atom is 0.317 e. The van der Waals surface area contributed by atoms with Crippen molar-refractivity contribution in [3.8, 4) is 11.5 Å². The summed E-state index contributed by atoms with van der Waals surface area (Å²) in [5.41, 5.74) is 0. The zero-order chi connectivity index (χ0) is 20.4. The lowest BCUT2D eigenvalue weighted by molar-refractivity contribution is 0.403. The lowest BCUT2D eigenvalue weighted by Crippen LogP contribution is -1.88. The van der Waals surface area contributed by atoms with E-state index in [2.05, 4.69) is 37.3 Å². The Balaban J connectivity index is 0.000000387. The molecule has 0 heterocycles. The third kappa shape index (κ3) is 13.5. The highest BCUT2D eigenvalue weighted by Crippen LogP contribution is 2.19. The molecule has 2 rings (SSSR count). The average molecular weight is 529 g/mol. The van der Waals surface area contributed by atoms with Crippen molar-refractivity contribution in [3.05, 3.63) is 53.0 Å². The van der Waals surface area contributed by atoms with Gasteiger partial charge in [-0.2, -0.15) is 8.42 Å². The maximum absolute atomic E-state index is 10.7. The summed E-state index contributed by atoms with van der Waals surface area (Å²) >= 11 is 3.13. The van der Waals surface area contributed by atoms with Crippen LogP contribution < -0.4 is 9.47 Å². The van der Waals surface area contributed by atoms with Crippen molar-refractivity contribution in [1.29, 1.82) is 0 Å². The molecule has 2 aromatic carbocycles. The second-order valence-electron chi connectivity index (χ2n) is 4.15. The molecule has 0 radical (unpaired) electrons. The van der Waals surface area contributed by atoms with Gasteiger partial charge in [0, 0.05) is 36.5 Å². The van der Waals surface area contributed by atoms with Crippen molar-refractivity contribution in [2.45, 2.75) is 4.90 Å². The van der Waals surface area contributed by atoms with Crippen LogP contribution in [0.25, 0.3) is 0 Å². The minimum absolute atomic E-state index is 0.105. The molecule has 0 amide bonds. The van der Waals surface area contributed by atoms with Crippen LogP contribution in [0.3, 0.4) is 0 Å². The van der Waals surface area contributed by atoms with E-state index in [0.29, 0.717) is 4.47 Å². The fraction of sp³-hybridized carbons (Fsp3) is 0.143. The first-order chi connectivity index (χ1) is 11.9. The Morgan fingerprint density at radius 3 is 1.42 bits per heavy atom. The predicted molar refractivity (Wildman–Crippen MR) is 107 cm³/mol. The van der Waals surface area contributed by atoms with Gasteiger partial charge in [-0.1, -0.05) is 22.0 Å². The molecular weight excluding hydrogens is 515 g/mol. The van der Waals surface area contributed by atoms with E-state index in [-0.39, 0.29) is 4.90 Å². The summed E-state index contributed by atoms with van der Waals surface area (Å²) in [5.74, 6) is 1.70. The Morgan fingerprint density at radius 1 is 0.808 bits per heavy atom. The Morgan fingerprint density at radius 2 is 1.19 bits per heavy atom. The largest absolute Gasteiger partial charge is 0.497 e. The highest BCUT2D eigenvalue weighted by molar-refractivity contribution is 9.10. The molecule has 0 aliphatic heterocycles. The topological polar surface area (TPSA) is 86.7 Å². The standard InChI is InChI=1S/C8H10O2.C6H4BrClO2S.Cl2O2S/c1-9-7-3-5-8(10-2)6-4-7;7-5-2-1-3-6(4-5)11(8,9)10;1-5(2,3)4/h3-6H,1-2H3;1-4H;. The van der Waals surface area contributed by atoms with Crippen LogP contribution in [0.1, 0.15) is 0 Å². The van der Waals surface area contributed by atoms with Gasteiger partial charge < -0.3 is 9.47 Å². The number of ether oxygens (including phenoxy) is 2. The number of benzene rings is 2. The number of methoxy groups -OCH3 is 2. The van der Waals surface area contributed by atoms with Crippen LogP contribution in [-0.4, -0.2) is 31.1 Å². The first-order valence-corrected chi connectivity index (χ1v) is 12.6. The molecule has 12 heteroatoms. The molecule has 0 saturated carbocycles. The first-order valence-electron chi connectivity index (χ1n) is 6.39. The van der Waals surface area contributed by atoms with E-state index >= 15 is 0 Å². The van der Waals surface area contributed by atoms with Gasteiger partial charge in [0.1, 0.15) is 11.5 Å². The maximum atomic E-state index is 10.7. The minimum atomic E-state index is -3.72. The molecule has 2 aromatic rings. The molecule has 0 N–H and O–H groups in total. The number of hydrogen-bond donors (Lipinski definition) is 0. The Labute approximate surface area is 174 Å². The van der Waals surface area contributed by atoms with E-state index in [9.17, 15) is 8.42 Å². The van der Waals surface area contributed by atoms with Crippen molar-refractivity contribution < 1.29 is 26.3 Å². The van der Waals surface area contributed by atoms with E-state index < -0.39 is 17.3 Å². The third-order valence-corrected chi connectivity index (χ3v) is 4.22. The zero-order valence-corrected chi connectivity index (χ0v) is 18.9. The van der Waals surface area contributed by atoms with Crippen LogP contribution in [0, 0.1) is 0 Å². The van der Waals surface area contributed by atoms with Crippen LogP contribution in [0.2, 0.25) is 0 Å². The molecule has 6 nitrogen and oxygen atoms in total. The molecule has 26 heavy (non-hydrogen) atoms. The second kappa shape index (κ2) is 11.9. The van der Waals surface area contributed by atoms with Gasteiger partial charge in [-0.3, -0.25) is 0 Å². The van der Waals surface area contributed by atoms with Gasteiger partial charge in [0.05, 0.1) is 19.1 Å². The number of rotatable bonds is 3. The molecule has 0 unspecified atom stereocenters. The average Bonchev–Trinajstić information content (AvgIpc) is 2.53. The SMILES string of the molecule is COc1ccc(OC)cc1.O=S(=O)(Cl)Cl.O=S(=O)(Cl)c1cccc(Br)c1. The summed E-state index contributed by atoms with van der Waals surface area (Å²) in [7, 11) is 9.59. The van der Waals surface area contributed by atoms with Crippen molar-refractivity contribution in [1.82, 2.24) is 0 Å². The van der Waals surface area contributed by atoms with E-state index in [0.717, 1.165) is 11.5 Å². The van der Waals surface area contributed by atoms with Gasteiger partial charge in [-0.15, -0.1) is 0 Å². The Kier molecular flexibility index (Phi) is 11.6. The fourth-order valence-electron chi connectivity index (χ4n) is 1.33. The summed E-state index contributed by atoms with van der Waals surface area (Å²) in [4.78, 5) is 0.105. The number of halogens is 4. The van der Waals surface area contributed by atoms with Crippen LogP contribution in [0.5, 0.6) is 11.5 Å². The van der Waals surface area contributed by atoms with Gasteiger partial charge in [-0.25, -0.2) is 8.42 Å². The molecule has 0 bridgehead atoms. The lowest BCUT2D eigenvalue weighted by Gasteiger charge is -2.00. The van der Waals surface area contributed by atoms with E-state index in [1.165, 1.54) is 12.1 Å². The molecule has 0 saturated heterocycles. The van der Waals surface area contributed by atoms with Gasteiger partial charge >= 0.3 is 8.26 Å². The Bertz CT molecular complexity index is 856. The lowest BCUT2D eigenvalue weighted by atomic mass is 10.3. The summed E-state index contributed by atoms with van der Waals surface area (Å²) in [6, 6.07) is 13.7. The van der Waals surface area contributed by atoms with Crippen LogP contribution in [0.15, 0.2) is 57.9 Å². The molecule has 0 aromatic heterocycles. The second-order valence-corrected chi connectivity index (χ2v) is 11.3. The predicted octanol–water partition coefficient (Wildman–Crippen LogP) is 4.79. The van der Waals surface area contributed by atoms with Gasteiger partial charge in [0.15, 0.2) is 0 Å².